The SMILES string of the molecule is CC1COCCN1c1nccc(Nc2cc(-c3ccc(OC(F)F)cc3)cnc2F)n1. The number of benzene rings is 1. The van der Waals surface area contributed by atoms with Gasteiger partial charge in [0.2, 0.25) is 11.9 Å². The van der Waals surface area contributed by atoms with Crippen molar-refractivity contribution in [2.45, 2.75) is 19.6 Å². The molecule has 10 heteroatoms. The van der Waals surface area contributed by atoms with Gasteiger partial charge in [-0.3, -0.25) is 0 Å². The highest BCUT2D eigenvalue weighted by Crippen LogP contribution is 2.27. The Labute approximate surface area is 176 Å². The summed E-state index contributed by atoms with van der Waals surface area (Å²) in [6.07, 6.45) is 2.97. The van der Waals surface area contributed by atoms with Crippen molar-refractivity contribution in [2.24, 2.45) is 0 Å². The zero-order valence-electron chi connectivity index (χ0n) is 16.6. The lowest BCUT2D eigenvalue weighted by atomic mass is 10.1. The maximum Gasteiger partial charge on any atom is 0.387 e. The molecular weight excluding hydrogens is 411 g/mol. The molecule has 1 unspecified atom stereocenters. The van der Waals surface area contributed by atoms with Gasteiger partial charge in [0.05, 0.1) is 24.9 Å². The Balaban J connectivity index is 1.55. The topological polar surface area (TPSA) is 72.4 Å². The van der Waals surface area contributed by atoms with Crippen LogP contribution >= 0.6 is 0 Å². The Hall–Kier alpha value is -3.40. The predicted molar refractivity (Wildman–Crippen MR) is 109 cm³/mol. The maximum atomic E-state index is 14.3. The number of morpholine rings is 1. The number of pyridine rings is 1. The van der Waals surface area contributed by atoms with Crippen LogP contribution < -0.4 is 15.0 Å². The zero-order valence-corrected chi connectivity index (χ0v) is 16.6. The van der Waals surface area contributed by atoms with E-state index in [9.17, 15) is 13.2 Å². The van der Waals surface area contributed by atoms with Gasteiger partial charge in [-0.1, -0.05) is 12.1 Å². The Morgan fingerprint density at radius 3 is 2.71 bits per heavy atom. The summed E-state index contributed by atoms with van der Waals surface area (Å²) in [6.45, 7) is 0.970. The average molecular weight is 431 g/mol. The van der Waals surface area contributed by atoms with E-state index in [0.717, 1.165) is 0 Å². The van der Waals surface area contributed by atoms with E-state index in [-0.39, 0.29) is 17.5 Å². The van der Waals surface area contributed by atoms with Crippen LogP contribution in [0.1, 0.15) is 6.92 Å². The Morgan fingerprint density at radius 1 is 1.16 bits per heavy atom. The number of ether oxygens (including phenoxy) is 2. The fourth-order valence-electron chi connectivity index (χ4n) is 3.24. The first-order valence-corrected chi connectivity index (χ1v) is 9.65. The molecule has 7 nitrogen and oxygen atoms in total. The summed E-state index contributed by atoms with van der Waals surface area (Å²) in [5.41, 5.74) is 1.40. The number of aromatic nitrogens is 3. The van der Waals surface area contributed by atoms with E-state index in [4.69, 9.17) is 4.74 Å². The third-order valence-corrected chi connectivity index (χ3v) is 4.78. The summed E-state index contributed by atoms with van der Waals surface area (Å²) < 4.78 is 48.8. The Bertz CT molecular complexity index is 1040. The van der Waals surface area contributed by atoms with Crippen LogP contribution in [0.4, 0.5) is 30.6 Å². The lowest BCUT2D eigenvalue weighted by Gasteiger charge is -2.33. The van der Waals surface area contributed by atoms with Crippen molar-refractivity contribution in [3.05, 3.63) is 54.7 Å². The van der Waals surface area contributed by atoms with E-state index < -0.39 is 12.6 Å². The van der Waals surface area contributed by atoms with Gasteiger partial charge in [0, 0.05) is 24.5 Å². The lowest BCUT2D eigenvalue weighted by molar-refractivity contribution is -0.0498. The second-order valence-electron chi connectivity index (χ2n) is 6.95. The van der Waals surface area contributed by atoms with Gasteiger partial charge in [0.1, 0.15) is 11.6 Å². The van der Waals surface area contributed by atoms with Gasteiger partial charge in [-0.05, 0) is 36.8 Å². The molecule has 2 aromatic heterocycles. The number of nitrogens with zero attached hydrogens (tertiary/aromatic N) is 4. The van der Waals surface area contributed by atoms with E-state index in [1.54, 1.807) is 30.5 Å². The first-order valence-electron chi connectivity index (χ1n) is 9.65. The number of rotatable bonds is 6. The first-order chi connectivity index (χ1) is 15.0. The van der Waals surface area contributed by atoms with Crippen molar-refractivity contribution >= 4 is 17.5 Å². The minimum absolute atomic E-state index is 0.0398. The summed E-state index contributed by atoms with van der Waals surface area (Å²) in [5.74, 6) is 0.293. The monoisotopic (exact) mass is 431 g/mol. The number of halogens is 3. The van der Waals surface area contributed by atoms with Crippen molar-refractivity contribution in [3.8, 4) is 16.9 Å². The van der Waals surface area contributed by atoms with Gasteiger partial charge in [-0.2, -0.15) is 18.2 Å². The summed E-state index contributed by atoms with van der Waals surface area (Å²) in [6, 6.07) is 9.36. The van der Waals surface area contributed by atoms with Crippen LogP contribution in [0.2, 0.25) is 0 Å². The molecule has 0 amide bonds. The van der Waals surface area contributed by atoms with Crippen LogP contribution in [0.25, 0.3) is 11.1 Å². The number of alkyl halides is 2. The van der Waals surface area contributed by atoms with Gasteiger partial charge < -0.3 is 19.7 Å². The molecule has 1 fully saturated rings. The van der Waals surface area contributed by atoms with Gasteiger partial charge in [0.25, 0.3) is 0 Å². The van der Waals surface area contributed by atoms with Crippen LogP contribution in [0.3, 0.4) is 0 Å². The minimum atomic E-state index is -2.90. The standard InChI is InChI=1S/C21H20F3N5O2/c1-13-12-30-9-8-29(13)21-25-7-6-18(28-21)27-17-10-15(11-26-19(17)22)14-2-4-16(5-3-14)31-20(23)24/h2-7,10-11,13,20H,8-9,12H2,1H3,(H,25,27,28). The molecule has 3 heterocycles. The van der Waals surface area contributed by atoms with E-state index in [2.05, 4.69) is 25.0 Å². The molecule has 1 aromatic carbocycles. The van der Waals surface area contributed by atoms with Gasteiger partial charge >= 0.3 is 6.61 Å². The van der Waals surface area contributed by atoms with Gasteiger partial charge in [0.15, 0.2) is 0 Å². The molecule has 0 spiro atoms. The van der Waals surface area contributed by atoms with E-state index in [1.807, 2.05) is 11.8 Å². The molecule has 0 aliphatic carbocycles. The van der Waals surface area contributed by atoms with Crippen LogP contribution in [0, 0.1) is 5.95 Å². The molecule has 4 rings (SSSR count). The molecule has 0 bridgehead atoms. The van der Waals surface area contributed by atoms with Crippen molar-refractivity contribution in [1.29, 1.82) is 0 Å². The Kier molecular flexibility index (Phi) is 6.17. The summed E-state index contributed by atoms with van der Waals surface area (Å²) in [4.78, 5) is 14.6. The van der Waals surface area contributed by atoms with Crippen molar-refractivity contribution in [3.63, 3.8) is 0 Å². The van der Waals surface area contributed by atoms with Crippen molar-refractivity contribution < 1.29 is 22.6 Å². The lowest BCUT2D eigenvalue weighted by Crippen LogP contribution is -2.44. The molecular formula is C21H20F3N5O2. The van der Waals surface area contributed by atoms with Gasteiger partial charge in [-0.25, -0.2) is 9.97 Å². The molecule has 162 valence electrons. The smallest absolute Gasteiger partial charge is 0.387 e. The van der Waals surface area contributed by atoms with Crippen LogP contribution in [0.5, 0.6) is 5.75 Å². The second kappa shape index (κ2) is 9.17. The van der Waals surface area contributed by atoms with E-state index in [1.165, 1.54) is 18.3 Å². The quantitative estimate of drug-likeness (QED) is 0.585. The third-order valence-electron chi connectivity index (χ3n) is 4.78. The summed E-state index contributed by atoms with van der Waals surface area (Å²) in [7, 11) is 0. The molecule has 31 heavy (non-hydrogen) atoms. The molecule has 0 radical (unpaired) electrons. The molecule has 3 aromatic rings. The number of hydrogen-bond acceptors (Lipinski definition) is 7. The third kappa shape index (κ3) is 5.02. The largest absolute Gasteiger partial charge is 0.435 e. The average Bonchev–Trinajstić information content (AvgIpc) is 2.76. The zero-order chi connectivity index (χ0) is 21.8. The minimum Gasteiger partial charge on any atom is -0.435 e. The number of nitrogens with one attached hydrogen (secondary N) is 1. The van der Waals surface area contributed by atoms with Crippen LogP contribution in [0.15, 0.2) is 48.8 Å². The predicted octanol–water partition coefficient (Wildman–Crippen LogP) is 4.25. The van der Waals surface area contributed by atoms with Gasteiger partial charge in [-0.15, -0.1) is 0 Å². The molecule has 1 saturated heterocycles. The number of hydrogen-bond donors (Lipinski definition) is 1. The fourth-order valence-corrected chi connectivity index (χ4v) is 3.24. The normalized spacial score (nSPS) is 16.4. The van der Waals surface area contributed by atoms with E-state index in [0.29, 0.717) is 42.7 Å². The van der Waals surface area contributed by atoms with E-state index >= 15 is 0 Å². The maximum absolute atomic E-state index is 14.3. The van der Waals surface area contributed by atoms with Crippen molar-refractivity contribution in [1.82, 2.24) is 15.0 Å². The fraction of sp³-hybridized carbons (Fsp3) is 0.286. The molecule has 1 atom stereocenters. The Morgan fingerprint density at radius 2 is 1.97 bits per heavy atom. The highest BCUT2D eigenvalue weighted by molar-refractivity contribution is 5.69. The summed E-state index contributed by atoms with van der Waals surface area (Å²) in [5, 5.41) is 2.94. The second-order valence-corrected chi connectivity index (χ2v) is 6.95. The molecule has 1 aliphatic heterocycles. The van der Waals surface area contributed by atoms with Crippen molar-refractivity contribution in [2.75, 3.05) is 30.0 Å². The highest BCUT2D eigenvalue weighted by atomic mass is 19.3. The molecule has 0 saturated carbocycles. The van der Waals surface area contributed by atoms with Crippen LogP contribution in [-0.2, 0) is 4.74 Å². The van der Waals surface area contributed by atoms with Crippen LogP contribution in [-0.4, -0.2) is 47.4 Å². The summed E-state index contributed by atoms with van der Waals surface area (Å²) >= 11 is 0. The molecule has 1 aliphatic rings. The highest BCUT2D eigenvalue weighted by Gasteiger charge is 2.21. The molecule has 1 N–H and O–H groups in total. The first kappa shape index (κ1) is 20.9. The number of anilines is 3.